The minimum absolute atomic E-state index is 0.105. The van der Waals surface area contributed by atoms with Gasteiger partial charge in [-0.2, -0.15) is 0 Å². The molecule has 1 aromatic rings. The first-order valence-corrected chi connectivity index (χ1v) is 6.90. The maximum Gasteiger partial charge on any atom is 0.328 e. The molecule has 0 fully saturated rings. The van der Waals surface area contributed by atoms with Gasteiger partial charge >= 0.3 is 6.03 Å². The van der Waals surface area contributed by atoms with Crippen LogP contribution in [0.5, 0.6) is 0 Å². The van der Waals surface area contributed by atoms with Gasteiger partial charge in [0.05, 0.1) is 5.69 Å². The summed E-state index contributed by atoms with van der Waals surface area (Å²) in [5.41, 5.74) is 6.59. The van der Waals surface area contributed by atoms with Crippen LogP contribution in [0.3, 0.4) is 0 Å². The maximum atomic E-state index is 11.9. The fourth-order valence-electron chi connectivity index (χ4n) is 1.38. The third-order valence-corrected chi connectivity index (χ3v) is 3.51. The molecule has 6 nitrogen and oxygen atoms in total. The van der Waals surface area contributed by atoms with Crippen molar-refractivity contribution in [3.05, 3.63) is 23.8 Å². The molecule has 0 aliphatic heterocycles. The van der Waals surface area contributed by atoms with Crippen LogP contribution in [0.1, 0.15) is 19.4 Å². The number of sulfonamides is 1. The van der Waals surface area contributed by atoms with E-state index in [2.05, 4.69) is 5.32 Å². The lowest BCUT2D eigenvalue weighted by atomic mass is 10.2. The predicted molar refractivity (Wildman–Crippen MR) is 69.6 cm³/mol. The molecule has 0 spiro atoms. The lowest BCUT2D eigenvalue weighted by Gasteiger charge is -2.12. The second-order valence-electron chi connectivity index (χ2n) is 4.27. The molecule has 7 heteroatoms. The third-order valence-electron chi connectivity index (χ3n) is 2.10. The highest BCUT2D eigenvalue weighted by molar-refractivity contribution is 7.90. The van der Waals surface area contributed by atoms with Crippen LogP contribution in [-0.4, -0.2) is 20.5 Å². The number of amides is 2. The van der Waals surface area contributed by atoms with E-state index in [9.17, 15) is 13.2 Å². The Labute approximate surface area is 107 Å². The van der Waals surface area contributed by atoms with Crippen molar-refractivity contribution in [2.45, 2.75) is 31.7 Å². The van der Waals surface area contributed by atoms with E-state index in [1.54, 1.807) is 26.8 Å². The summed E-state index contributed by atoms with van der Waals surface area (Å²) in [6.07, 6.45) is 0. The molecule has 0 aliphatic carbocycles. The number of rotatable bonds is 3. The Kier molecular flexibility index (Phi) is 4.18. The first-order valence-electron chi connectivity index (χ1n) is 5.42. The predicted octanol–water partition coefficient (Wildman–Crippen LogP) is 0.974. The van der Waals surface area contributed by atoms with Crippen LogP contribution in [0, 0.1) is 6.92 Å². The van der Waals surface area contributed by atoms with Crippen molar-refractivity contribution in [3.63, 3.8) is 0 Å². The molecule has 1 aromatic carbocycles. The van der Waals surface area contributed by atoms with Crippen LogP contribution in [0.2, 0.25) is 0 Å². The summed E-state index contributed by atoms with van der Waals surface area (Å²) in [4.78, 5) is 11.3. The third kappa shape index (κ3) is 3.63. The zero-order valence-electron chi connectivity index (χ0n) is 10.5. The van der Waals surface area contributed by atoms with Crippen molar-refractivity contribution in [1.29, 1.82) is 0 Å². The first kappa shape index (κ1) is 14.3. The van der Waals surface area contributed by atoms with Gasteiger partial charge in [-0.05, 0) is 38.5 Å². The van der Waals surface area contributed by atoms with E-state index < -0.39 is 16.1 Å². The molecule has 4 N–H and O–H groups in total. The zero-order valence-corrected chi connectivity index (χ0v) is 11.3. The highest BCUT2D eigenvalue weighted by Gasteiger charge is 2.20. The van der Waals surface area contributed by atoms with E-state index in [1.807, 2.05) is 4.72 Å². The molecule has 18 heavy (non-hydrogen) atoms. The number of anilines is 1. The van der Waals surface area contributed by atoms with Crippen molar-refractivity contribution < 1.29 is 13.2 Å². The number of urea groups is 1. The van der Waals surface area contributed by atoms with Gasteiger partial charge in [0.15, 0.2) is 0 Å². The minimum Gasteiger partial charge on any atom is -0.398 e. The summed E-state index contributed by atoms with van der Waals surface area (Å²) >= 11 is 0. The average Bonchev–Trinajstić information content (AvgIpc) is 2.13. The van der Waals surface area contributed by atoms with Crippen molar-refractivity contribution in [2.24, 2.45) is 0 Å². The maximum absolute atomic E-state index is 11.9. The van der Waals surface area contributed by atoms with Gasteiger partial charge in [0.1, 0.15) is 4.90 Å². The smallest absolute Gasteiger partial charge is 0.328 e. The molecular weight excluding hydrogens is 254 g/mol. The Bertz CT molecular complexity index is 553. The van der Waals surface area contributed by atoms with Crippen molar-refractivity contribution in [3.8, 4) is 0 Å². The fraction of sp³-hybridized carbons (Fsp3) is 0.364. The monoisotopic (exact) mass is 271 g/mol. The van der Waals surface area contributed by atoms with Crippen LogP contribution in [0.4, 0.5) is 10.5 Å². The van der Waals surface area contributed by atoms with Crippen molar-refractivity contribution in [2.75, 3.05) is 5.73 Å². The molecule has 0 unspecified atom stereocenters. The van der Waals surface area contributed by atoms with Gasteiger partial charge in [-0.1, -0.05) is 6.07 Å². The van der Waals surface area contributed by atoms with Crippen molar-refractivity contribution in [1.82, 2.24) is 10.0 Å². The number of benzene rings is 1. The number of hydrogen-bond donors (Lipinski definition) is 3. The summed E-state index contributed by atoms with van der Waals surface area (Å²) in [6, 6.07) is 3.59. The topological polar surface area (TPSA) is 101 Å². The molecule has 100 valence electrons. The Morgan fingerprint density at radius 2 is 1.94 bits per heavy atom. The Balaban J connectivity index is 2.97. The summed E-state index contributed by atoms with van der Waals surface area (Å²) in [6.45, 7) is 5.25. The summed E-state index contributed by atoms with van der Waals surface area (Å²) in [7, 11) is -3.94. The summed E-state index contributed by atoms with van der Waals surface area (Å²) in [5.74, 6) is 0. The standard InChI is InChI=1S/C11H17N3O3S/c1-7(2)13-11(15)14-18(16,17)10-5-4-8(3)6-9(10)12/h4-7H,12H2,1-3H3,(H2,13,14,15). The van der Waals surface area contributed by atoms with Crippen LogP contribution >= 0.6 is 0 Å². The number of nitrogen functional groups attached to an aromatic ring is 1. The van der Waals surface area contributed by atoms with Crippen LogP contribution < -0.4 is 15.8 Å². The van der Waals surface area contributed by atoms with E-state index in [0.29, 0.717) is 0 Å². The summed E-state index contributed by atoms with van der Waals surface area (Å²) in [5, 5.41) is 2.43. The Morgan fingerprint density at radius 3 is 2.44 bits per heavy atom. The van der Waals surface area contributed by atoms with Crippen LogP contribution in [0.15, 0.2) is 23.1 Å². The molecule has 0 aromatic heterocycles. The number of carbonyl (C=O) groups excluding carboxylic acids is 1. The van der Waals surface area contributed by atoms with Gasteiger partial charge in [-0.3, -0.25) is 0 Å². The van der Waals surface area contributed by atoms with Crippen LogP contribution in [-0.2, 0) is 10.0 Å². The Hall–Kier alpha value is -1.76. The highest BCUT2D eigenvalue weighted by Crippen LogP contribution is 2.18. The molecule has 0 heterocycles. The largest absolute Gasteiger partial charge is 0.398 e. The molecule has 0 bridgehead atoms. The van der Waals surface area contributed by atoms with E-state index in [4.69, 9.17) is 5.73 Å². The second kappa shape index (κ2) is 5.26. The Morgan fingerprint density at radius 1 is 1.33 bits per heavy atom. The minimum atomic E-state index is -3.94. The van der Waals surface area contributed by atoms with E-state index in [1.165, 1.54) is 12.1 Å². The number of hydrogen-bond acceptors (Lipinski definition) is 4. The highest BCUT2D eigenvalue weighted by atomic mass is 32.2. The molecule has 0 saturated carbocycles. The van der Waals surface area contributed by atoms with Gasteiger partial charge in [0, 0.05) is 6.04 Å². The van der Waals surface area contributed by atoms with Gasteiger partial charge in [0.2, 0.25) is 0 Å². The number of nitrogens with two attached hydrogens (primary N) is 1. The number of nitrogens with one attached hydrogen (secondary N) is 2. The summed E-state index contributed by atoms with van der Waals surface area (Å²) < 4.78 is 25.7. The van der Waals surface area contributed by atoms with Gasteiger partial charge in [-0.25, -0.2) is 17.9 Å². The molecule has 0 atom stereocenters. The van der Waals surface area contributed by atoms with Gasteiger partial charge in [-0.15, -0.1) is 0 Å². The molecule has 0 radical (unpaired) electrons. The van der Waals surface area contributed by atoms with Crippen molar-refractivity contribution >= 4 is 21.7 Å². The first-order chi connectivity index (χ1) is 8.22. The number of carbonyl (C=O) groups is 1. The van der Waals surface area contributed by atoms with Crippen LogP contribution in [0.25, 0.3) is 0 Å². The number of aryl methyl sites for hydroxylation is 1. The quantitative estimate of drug-likeness (QED) is 0.713. The molecule has 0 saturated heterocycles. The fourth-order valence-corrected chi connectivity index (χ4v) is 2.41. The SMILES string of the molecule is Cc1ccc(S(=O)(=O)NC(=O)NC(C)C)c(N)c1. The molecule has 2 amide bonds. The molecule has 0 aliphatic rings. The molecule has 1 rings (SSSR count). The lowest BCUT2D eigenvalue weighted by Crippen LogP contribution is -2.42. The average molecular weight is 271 g/mol. The molecular formula is C11H17N3O3S. The lowest BCUT2D eigenvalue weighted by molar-refractivity contribution is 0.243. The van der Waals surface area contributed by atoms with E-state index in [-0.39, 0.29) is 16.6 Å². The zero-order chi connectivity index (χ0) is 13.9. The second-order valence-corrected chi connectivity index (χ2v) is 5.93. The van der Waals surface area contributed by atoms with Gasteiger partial charge in [0.25, 0.3) is 10.0 Å². The normalized spacial score (nSPS) is 11.3. The van der Waals surface area contributed by atoms with E-state index >= 15 is 0 Å². The van der Waals surface area contributed by atoms with Gasteiger partial charge < -0.3 is 11.1 Å². The van der Waals surface area contributed by atoms with E-state index in [0.717, 1.165) is 5.56 Å².